The van der Waals surface area contributed by atoms with Gasteiger partial charge in [-0.25, -0.2) is 18.7 Å². The van der Waals surface area contributed by atoms with Crippen LogP contribution in [0.2, 0.25) is 0 Å². The Hall–Kier alpha value is -3.50. The molecular formula is C16H16F2N8O. The number of hydrogen-bond acceptors (Lipinski definition) is 7. The summed E-state index contributed by atoms with van der Waals surface area (Å²) in [4.78, 5) is 12.9. The minimum atomic E-state index is -2.53. The Balaban J connectivity index is 1.95. The minimum Gasteiger partial charge on any atom is -0.493 e. The third kappa shape index (κ3) is 2.67. The van der Waals surface area contributed by atoms with E-state index in [-0.39, 0.29) is 17.6 Å². The summed E-state index contributed by atoms with van der Waals surface area (Å²) < 4.78 is 28.4. The van der Waals surface area contributed by atoms with Crippen LogP contribution in [0.1, 0.15) is 5.82 Å². The summed E-state index contributed by atoms with van der Waals surface area (Å²) in [6, 6.07) is 4.82. The van der Waals surface area contributed by atoms with Crippen molar-refractivity contribution in [2.24, 2.45) is 0 Å². The molecule has 0 atom stereocenters. The summed E-state index contributed by atoms with van der Waals surface area (Å²) in [7, 11) is 1.63. The van der Waals surface area contributed by atoms with Gasteiger partial charge in [0.15, 0.2) is 11.5 Å². The molecule has 9 nitrogen and oxygen atoms in total. The van der Waals surface area contributed by atoms with E-state index in [9.17, 15) is 13.9 Å². The van der Waals surface area contributed by atoms with Gasteiger partial charge in [0.1, 0.15) is 16.9 Å². The molecule has 0 saturated carbocycles. The Labute approximate surface area is 151 Å². The maximum atomic E-state index is 12.9. The van der Waals surface area contributed by atoms with Crippen molar-refractivity contribution in [1.29, 1.82) is 0 Å². The number of halogens is 2. The van der Waals surface area contributed by atoms with Crippen LogP contribution in [0, 0.1) is 6.92 Å². The number of alkyl halides is 2. The van der Waals surface area contributed by atoms with E-state index in [0.717, 1.165) is 0 Å². The topological polar surface area (TPSA) is 119 Å². The first kappa shape index (κ1) is 16.9. The lowest BCUT2D eigenvalue weighted by molar-refractivity contribution is 0.127. The van der Waals surface area contributed by atoms with Crippen LogP contribution in [0.3, 0.4) is 0 Å². The van der Waals surface area contributed by atoms with Gasteiger partial charge in [0, 0.05) is 18.7 Å². The minimum absolute atomic E-state index is 0.142. The van der Waals surface area contributed by atoms with Crippen LogP contribution < -0.4 is 11.1 Å². The van der Waals surface area contributed by atoms with Crippen molar-refractivity contribution in [1.82, 2.24) is 29.1 Å². The maximum Gasteiger partial charge on any atom is 0.256 e. The predicted octanol–water partition coefficient (Wildman–Crippen LogP) is 2.04. The van der Waals surface area contributed by atoms with Gasteiger partial charge in [-0.3, -0.25) is 0 Å². The van der Waals surface area contributed by atoms with Gasteiger partial charge in [-0.05, 0) is 19.1 Å². The SMILES string of the molecule is CNc1nc(N)c2c(-c3ccc4nc(C)n(CC(F)F)c4n3)cc(O)n2n1. The molecule has 4 aromatic heterocycles. The molecule has 4 aromatic rings. The fourth-order valence-electron chi connectivity index (χ4n) is 3.04. The molecule has 0 bridgehead atoms. The maximum absolute atomic E-state index is 12.9. The summed E-state index contributed by atoms with van der Waals surface area (Å²) in [5, 5.41) is 17.1. The third-order valence-corrected chi connectivity index (χ3v) is 4.22. The number of nitrogens with two attached hydrogens (primary N) is 1. The molecule has 27 heavy (non-hydrogen) atoms. The van der Waals surface area contributed by atoms with E-state index in [1.54, 1.807) is 26.1 Å². The second-order valence-electron chi connectivity index (χ2n) is 5.95. The summed E-state index contributed by atoms with van der Waals surface area (Å²) in [6.45, 7) is 1.14. The average molecular weight is 374 g/mol. The number of aromatic hydroxyl groups is 1. The molecule has 0 aliphatic heterocycles. The van der Waals surface area contributed by atoms with E-state index < -0.39 is 13.0 Å². The normalized spacial score (nSPS) is 11.7. The van der Waals surface area contributed by atoms with Gasteiger partial charge < -0.3 is 20.7 Å². The molecule has 4 N–H and O–H groups in total. The predicted molar refractivity (Wildman–Crippen MR) is 95.9 cm³/mol. The molecule has 0 aromatic carbocycles. The fraction of sp³-hybridized carbons (Fsp3) is 0.250. The van der Waals surface area contributed by atoms with Crippen LogP contribution in [0.5, 0.6) is 5.88 Å². The zero-order valence-electron chi connectivity index (χ0n) is 14.5. The Morgan fingerprint density at radius 3 is 2.74 bits per heavy atom. The average Bonchev–Trinajstić information content (AvgIpc) is 3.12. The highest BCUT2D eigenvalue weighted by molar-refractivity contribution is 5.89. The van der Waals surface area contributed by atoms with Gasteiger partial charge in [-0.2, -0.15) is 9.50 Å². The molecule has 0 saturated heterocycles. The lowest BCUT2D eigenvalue weighted by Crippen LogP contribution is -2.09. The second kappa shape index (κ2) is 6.04. The second-order valence-corrected chi connectivity index (χ2v) is 5.95. The van der Waals surface area contributed by atoms with E-state index >= 15 is 0 Å². The van der Waals surface area contributed by atoms with Crippen molar-refractivity contribution in [2.75, 3.05) is 18.1 Å². The molecule has 0 aliphatic carbocycles. The molecule has 140 valence electrons. The quantitative estimate of drug-likeness (QED) is 0.500. The standard InChI is InChI=1S/C16H16F2N8O/c1-7-21-10-4-3-9(22-15(10)25(7)6-11(17)18)8-5-12(27)26-13(8)14(19)23-16(20-2)24-26/h3-5,11,27H,6H2,1-2H3,(H3,19,20,23,24). The Kier molecular flexibility index (Phi) is 3.79. The lowest BCUT2D eigenvalue weighted by atomic mass is 10.2. The number of anilines is 2. The molecule has 0 aliphatic rings. The molecule has 0 amide bonds. The van der Waals surface area contributed by atoms with Crippen molar-refractivity contribution < 1.29 is 13.9 Å². The zero-order valence-corrected chi connectivity index (χ0v) is 14.5. The molecular weight excluding hydrogens is 358 g/mol. The number of rotatable bonds is 4. The summed E-state index contributed by atoms with van der Waals surface area (Å²) in [5.74, 6) is 0.682. The molecule has 11 heteroatoms. The first-order valence-electron chi connectivity index (χ1n) is 8.07. The number of fused-ring (bicyclic) bond motifs is 2. The first-order chi connectivity index (χ1) is 12.9. The highest BCUT2D eigenvalue weighted by Crippen LogP contribution is 2.33. The molecule has 0 radical (unpaired) electrons. The first-order valence-corrected chi connectivity index (χ1v) is 8.07. The smallest absolute Gasteiger partial charge is 0.256 e. The van der Waals surface area contributed by atoms with Gasteiger partial charge in [0.2, 0.25) is 11.8 Å². The number of aromatic nitrogens is 6. The van der Waals surface area contributed by atoms with Crippen molar-refractivity contribution >= 4 is 28.4 Å². The van der Waals surface area contributed by atoms with Crippen LogP contribution in [-0.2, 0) is 6.54 Å². The van der Waals surface area contributed by atoms with Crippen LogP contribution in [0.25, 0.3) is 27.9 Å². The Bertz CT molecular complexity index is 1170. The van der Waals surface area contributed by atoms with Crippen LogP contribution in [0.4, 0.5) is 20.5 Å². The van der Waals surface area contributed by atoms with Crippen molar-refractivity contribution in [3.8, 4) is 17.1 Å². The number of hydrogen-bond donors (Lipinski definition) is 3. The van der Waals surface area contributed by atoms with Gasteiger partial charge in [0.25, 0.3) is 6.43 Å². The molecule has 4 heterocycles. The van der Waals surface area contributed by atoms with E-state index in [1.807, 2.05) is 0 Å². The highest BCUT2D eigenvalue weighted by atomic mass is 19.3. The monoisotopic (exact) mass is 374 g/mol. The zero-order chi connectivity index (χ0) is 19.3. The lowest BCUT2D eigenvalue weighted by Gasteiger charge is -2.07. The summed E-state index contributed by atoms with van der Waals surface area (Å²) >= 11 is 0. The number of imidazole rings is 1. The largest absolute Gasteiger partial charge is 0.493 e. The number of nitrogens with one attached hydrogen (secondary N) is 1. The molecule has 4 rings (SSSR count). The van der Waals surface area contributed by atoms with Crippen molar-refractivity contribution in [2.45, 2.75) is 19.9 Å². The van der Waals surface area contributed by atoms with Gasteiger partial charge >= 0.3 is 0 Å². The molecule has 0 fully saturated rings. The van der Waals surface area contributed by atoms with E-state index in [1.165, 1.54) is 15.1 Å². The van der Waals surface area contributed by atoms with Crippen molar-refractivity contribution in [3.63, 3.8) is 0 Å². The fourth-order valence-corrected chi connectivity index (χ4v) is 3.04. The summed E-state index contributed by atoms with van der Waals surface area (Å²) in [5.41, 5.74) is 8.15. The third-order valence-electron chi connectivity index (χ3n) is 4.22. The highest BCUT2D eigenvalue weighted by Gasteiger charge is 2.19. The van der Waals surface area contributed by atoms with Crippen LogP contribution >= 0.6 is 0 Å². The van der Waals surface area contributed by atoms with Gasteiger partial charge in [0.05, 0.1) is 12.2 Å². The Morgan fingerprint density at radius 2 is 2.04 bits per heavy atom. The molecule has 0 unspecified atom stereocenters. The van der Waals surface area contributed by atoms with Crippen LogP contribution in [-0.4, -0.2) is 47.7 Å². The van der Waals surface area contributed by atoms with Crippen molar-refractivity contribution in [3.05, 3.63) is 24.0 Å². The van der Waals surface area contributed by atoms with Gasteiger partial charge in [-0.1, -0.05) is 0 Å². The van der Waals surface area contributed by atoms with E-state index in [0.29, 0.717) is 33.8 Å². The number of aryl methyl sites for hydroxylation is 1. The summed E-state index contributed by atoms with van der Waals surface area (Å²) in [6.07, 6.45) is -2.53. The van der Waals surface area contributed by atoms with E-state index in [2.05, 4.69) is 25.4 Å². The molecule has 0 spiro atoms. The number of nitrogen functional groups attached to an aromatic ring is 1. The van der Waals surface area contributed by atoms with E-state index in [4.69, 9.17) is 5.73 Å². The number of pyridine rings is 1. The van der Waals surface area contributed by atoms with Crippen LogP contribution in [0.15, 0.2) is 18.2 Å². The number of nitrogens with zero attached hydrogens (tertiary/aromatic N) is 6. The van der Waals surface area contributed by atoms with Gasteiger partial charge in [-0.15, -0.1) is 5.10 Å². The Morgan fingerprint density at radius 1 is 1.26 bits per heavy atom.